The van der Waals surface area contributed by atoms with E-state index in [-0.39, 0.29) is 0 Å². The zero-order chi connectivity index (χ0) is 12.7. The molecule has 96 valence electrons. The molecule has 1 rings (SSSR count). The van der Waals surface area contributed by atoms with Crippen molar-refractivity contribution in [3.05, 3.63) is 29.8 Å². The smallest absolute Gasteiger partial charge is 0.0411 e. The van der Waals surface area contributed by atoms with E-state index in [2.05, 4.69) is 55.3 Å². The molecule has 17 heavy (non-hydrogen) atoms. The lowest BCUT2D eigenvalue weighted by Gasteiger charge is -2.28. The second-order valence-corrected chi connectivity index (χ2v) is 4.71. The molecule has 0 radical (unpaired) electrons. The lowest BCUT2D eigenvalue weighted by atomic mass is 10.1. The van der Waals surface area contributed by atoms with E-state index in [9.17, 15) is 0 Å². The molecular weight excluding hydrogens is 208 g/mol. The Morgan fingerprint density at radius 2 is 1.94 bits per heavy atom. The van der Waals surface area contributed by atoms with Crippen LogP contribution in [0.1, 0.15) is 32.8 Å². The van der Waals surface area contributed by atoms with Gasteiger partial charge in [0, 0.05) is 25.3 Å². The number of rotatable bonds is 7. The van der Waals surface area contributed by atoms with Crippen LogP contribution in [0.15, 0.2) is 24.3 Å². The van der Waals surface area contributed by atoms with E-state index >= 15 is 0 Å². The largest absolute Gasteiger partial charge is 0.371 e. The number of benzene rings is 1. The van der Waals surface area contributed by atoms with Gasteiger partial charge in [-0.25, -0.2) is 0 Å². The van der Waals surface area contributed by atoms with Crippen molar-refractivity contribution in [2.75, 3.05) is 25.0 Å². The Labute approximate surface area is 106 Å². The van der Waals surface area contributed by atoms with Crippen molar-refractivity contribution in [1.29, 1.82) is 0 Å². The third-order valence-corrected chi connectivity index (χ3v) is 3.31. The fraction of sp³-hybridized carbons (Fsp3) is 0.600. The van der Waals surface area contributed by atoms with Crippen molar-refractivity contribution < 1.29 is 0 Å². The van der Waals surface area contributed by atoms with Crippen molar-refractivity contribution >= 4 is 5.69 Å². The van der Waals surface area contributed by atoms with E-state index in [0.29, 0.717) is 0 Å². The van der Waals surface area contributed by atoms with Crippen LogP contribution in [0.5, 0.6) is 0 Å². The maximum Gasteiger partial charge on any atom is 0.0411 e. The second kappa shape index (κ2) is 7.33. The van der Waals surface area contributed by atoms with Gasteiger partial charge in [0.2, 0.25) is 0 Å². The molecule has 1 atom stereocenters. The Morgan fingerprint density at radius 3 is 2.53 bits per heavy atom. The molecule has 0 bridgehead atoms. The molecule has 2 heteroatoms. The molecule has 0 amide bonds. The molecule has 0 fully saturated rings. The topological polar surface area (TPSA) is 15.3 Å². The molecule has 0 saturated heterocycles. The first-order valence-corrected chi connectivity index (χ1v) is 6.70. The molecule has 0 aliphatic rings. The van der Waals surface area contributed by atoms with E-state index in [1.54, 1.807) is 0 Å². The summed E-state index contributed by atoms with van der Waals surface area (Å²) in [6, 6.07) is 8.70. The first kappa shape index (κ1) is 14.0. The zero-order valence-corrected chi connectivity index (χ0v) is 11.7. The van der Waals surface area contributed by atoms with E-state index in [4.69, 9.17) is 0 Å². The third kappa shape index (κ3) is 4.04. The summed E-state index contributed by atoms with van der Waals surface area (Å²) in [4.78, 5) is 2.49. The third-order valence-electron chi connectivity index (χ3n) is 3.31. The molecule has 0 aliphatic heterocycles. The van der Waals surface area contributed by atoms with Gasteiger partial charge in [-0.2, -0.15) is 0 Å². The van der Waals surface area contributed by atoms with Crippen LogP contribution < -0.4 is 10.2 Å². The normalized spacial score (nSPS) is 12.5. The molecule has 0 saturated carbocycles. The monoisotopic (exact) mass is 234 g/mol. The number of hydrogen-bond acceptors (Lipinski definition) is 2. The lowest BCUT2D eigenvalue weighted by molar-refractivity contribution is 0.547. The van der Waals surface area contributed by atoms with Crippen LogP contribution >= 0.6 is 0 Å². The van der Waals surface area contributed by atoms with Gasteiger partial charge in [0.15, 0.2) is 0 Å². The van der Waals surface area contributed by atoms with Gasteiger partial charge < -0.3 is 10.2 Å². The highest BCUT2D eigenvalue weighted by molar-refractivity contribution is 5.53. The Hall–Kier alpha value is -1.02. The summed E-state index contributed by atoms with van der Waals surface area (Å²) in [5.74, 6) is 0.748. The summed E-state index contributed by atoms with van der Waals surface area (Å²) >= 11 is 0. The van der Waals surface area contributed by atoms with Gasteiger partial charge in [0.25, 0.3) is 0 Å². The summed E-state index contributed by atoms with van der Waals surface area (Å²) < 4.78 is 0. The van der Waals surface area contributed by atoms with Crippen LogP contribution in [-0.4, -0.2) is 20.1 Å². The zero-order valence-electron chi connectivity index (χ0n) is 11.7. The Bertz CT molecular complexity index is 322. The molecule has 1 aromatic rings. The van der Waals surface area contributed by atoms with Gasteiger partial charge >= 0.3 is 0 Å². The van der Waals surface area contributed by atoms with Crippen molar-refractivity contribution in [1.82, 2.24) is 5.32 Å². The first-order chi connectivity index (χ1) is 8.22. The first-order valence-electron chi connectivity index (χ1n) is 6.70. The Morgan fingerprint density at radius 1 is 1.24 bits per heavy atom. The standard InChI is InChI=1S/C15H26N2/c1-5-13(3)12-17(6-2)15-10-8-7-9-14(15)11-16-4/h7-10,13,16H,5-6,11-12H2,1-4H3. The molecule has 1 N–H and O–H groups in total. The summed E-state index contributed by atoms with van der Waals surface area (Å²) in [7, 11) is 2.00. The maximum absolute atomic E-state index is 3.24. The van der Waals surface area contributed by atoms with Crippen LogP contribution in [0.4, 0.5) is 5.69 Å². The van der Waals surface area contributed by atoms with Crippen LogP contribution in [0.25, 0.3) is 0 Å². The summed E-state index contributed by atoms with van der Waals surface area (Å²) in [5.41, 5.74) is 2.77. The summed E-state index contributed by atoms with van der Waals surface area (Å²) in [6.45, 7) is 9.98. The van der Waals surface area contributed by atoms with Gasteiger partial charge in [-0.15, -0.1) is 0 Å². The van der Waals surface area contributed by atoms with Crippen molar-refractivity contribution in [3.8, 4) is 0 Å². The lowest BCUT2D eigenvalue weighted by Crippen LogP contribution is -2.29. The quantitative estimate of drug-likeness (QED) is 0.779. The van der Waals surface area contributed by atoms with E-state index in [1.807, 2.05) is 7.05 Å². The van der Waals surface area contributed by atoms with Crippen LogP contribution in [-0.2, 0) is 6.54 Å². The van der Waals surface area contributed by atoms with Gasteiger partial charge in [-0.05, 0) is 31.5 Å². The van der Waals surface area contributed by atoms with Crippen molar-refractivity contribution in [2.24, 2.45) is 5.92 Å². The predicted molar refractivity (Wildman–Crippen MR) is 76.5 cm³/mol. The van der Waals surface area contributed by atoms with E-state index in [1.165, 1.54) is 17.7 Å². The van der Waals surface area contributed by atoms with Gasteiger partial charge in [0.05, 0.1) is 0 Å². The molecule has 1 aromatic carbocycles. The minimum atomic E-state index is 0.748. The van der Waals surface area contributed by atoms with Crippen LogP contribution in [0, 0.1) is 5.92 Å². The molecule has 1 unspecified atom stereocenters. The molecule has 0 aliphatic carbocycles. The van der Waals surface area contributed by atoms with Crippen molar-refractivity contribution in [2.45, 2.75) is 33.7 Å². The number of nitrogens with zero attached hydrogens (tertiary/aromatic N) is 1. The Kier molecular flexibility index (Phi) is 6.06. The molecule has 0 aromatic heterocycles. The number of hydrogen-bond donors (Lipinski definition) is 1. The highest BCUT2D eigenvalue weighted by Crippen LogP contribution is 2.21. The van der Waals surface area contributed by atoms with Crippen LogP contribution in [0.3, 0.4) is 0 Å². The summed E-state index contributed by atoms with van der Waals surface area (Å²) in [5, 5.41) is 3.24. The minimum Gasteiger partial charge on any atom is -0.371 e. The average molecular weight is 234 g/mol. The SMILES string of the molecule is CCC(C)CN(CC)c1ccccc1CNC. The molecular formula is C15H26N2. The van der Waals surface area contributed by atoms with E-state index < -0.39 is 0 Å². The van der Waals surface area contributed by atoms with Crippen LogP contribution in [0.2, 0.25) is 0 Å². The molecule has 0 heterocycles. The molecule has 0 spiro atoms. The average Bonchev–Trinajstić information content (AvgIpc) is 2.37. The van der Waals surface area contributed by atoms with Gasteiger partial charge in [-0.3, -0.25) is 0 Å². The fourth-order valence-electron chi connectivity index (χ4n) is 2.06. The Balaban J connectivity index is 2.86. The second-order valence-electron chi connectivity index (χ2n) is 4.71. The fourth-order valence-corrected chi connectivity index (χ4v) is 2.06. The minimum absolute atomic E-state index is 0.748. The van der Waals surface area contributed by atoms with Crippen molar-refractivity contribution in [3.63, 3.8) is 0 Å². The predicted octanol–water partition coefficient (Wildman–Crippen LogP) is 3.28. The number of anilines is 1. The number of para-hydroxylation sites is 1. The van der Waals surface area contributed by atoms with Gasteiger partial charge in [-0.1, -0.05) is 38.5 Å². The summed E-state index contributed by atoms with van der Waals surface area (Å²) in [6.07, 6.45) is 1.24. The highest BCUT2D eigenvalue weighted by Gasteiger charge is 2.11. The molecule has 2 nitrogen and oxygen atoms in total. The van der Waals surface area contributed by atoms with Gasteiger partial charge in [0.1, 0.15) is 0 Å². The highest BCUT2D eigenvalue weighted by atomic mass is 15.1. The maximum atomic E-state index is 3.24. The van der Waals surface area contributed by atoms with E-state index in [0.717, 1.165) is 25.6 Å². The number of nitrogens with one attached hydrogen (secondary N) is 1.